The summed E-state index contributed by atoms with van der Waals surface area (Å²) in [6.45, 7) is -1.43. The number of carbonyl (C=O) groups excluding carboxylic acids is 1. The molecule has 0 unspecified atom stereocenters. The number of carbonyl (C=O) groups is 1. The zero-order valence-corrected chi connectivity index (χ0v) is 8.25. The summed E-state index contributed by atoms with van der Waals surface area (Å²) >= 11 is 0. The van der Waals surface area contributed by atoms with Gasteiger partial charge in [-0.2, -0.15) is 13.2 Å². The molecule has 0 bridgehead atoms. The number of alkyl halides is 3. The Kier molecular flexibility index (Phi) is 3.36. The van der Waals surface area contributed by atoms with Crippen LogP contribution in [0.3, 0.4) is 0 Å². The third-order valence-corrected chi connectivity index (χ3v) is 1.78. The molecule has 0 radical (unpaired) electrons. The molecule has 7 heteroatoms. The van der Waals surface area contributed by atoms with E-state index in [4.69, 9.17) is 0 Å². The van der Waals surface area contributed by atoms with E-state index >= 15 is 0 Å². The van der Waals surface area contributed by atoms with E-state index in [0.717, 1.165) is 19.4 Å². The van der Waals surface area contributed by atoms with Crippen LogP contribution in [-0.2, 0) is 11.3 Å². The van der Waals surface area contributed by atoms with Crippen molar-refractivity contribution >= 4 is 5.97 Å². The Morgan fingerprint density at radius 1 is 1.50 bits per heavy atom. The lowest BCUT2D eigenvalue weighted by atomic mass is 10.3. The Morgan fingerprint density at radius 2 is 2.12 bits per heavy atom. The van der Waals surface area contributed by atoms with Crippen molar-refractivity contribution in [3.8, 4) is 0 Å². The average Bonchev–Trinajstić information content (AvgIpc) is 2.18. The molecule has 1 aromatic heterocycles. The van der Waals surface area contributed by atoms with E-state index in [2.05, 4.69) is 4.74 Å². The van der Waals surface area contributed by atoms with Gasteiger partial charge in [0.15, 0.2) is 0 Å². The molecule has 0 aliphatic heterocycles. The first-order valence-corrected chi connectivity index (χ1v) is 4.19. The minimum atomic E-state index is -4.52. The van der Waals surface area contributed by atoms with Gasteiger partial charge in [-0.3, -0.25) is 4.79 Å². The van der Waals surface area contributed by atoms with Crippen LogP contribution in [0.1, 0.15) is 10.4 Å². The number of esters is 1. The van der Waals surface area contributed by atoms with Crippen LogP contribution in [0.2, 0.25) is 0 Å². The van der Waals surface area contributed by atoms with Crippen LogP contribution in [-0.4, -0.2) is 23.8 Å². The molecule has 1 heterocycles. The maximum atomic E-state index is 12.1. The minimum absolute atomic E-state index is 0.409. The number of pyridine rings is 1. The maximum Gasteiger partial charge on any atom is 0.406 e. The Balaban J connectivity index is 3.15. The van der Waals surface area contributed by atoms with Crippen LogP contribution in [0.4, 0.5) is 13.2 Å². The average molecular weight is 235 g/mol. The summed E-state index contributed by atoms with van der Waals surface area (Å²) in [6.07, 6.45) is -3.55. The highest BCUT2D eigenvalue weighted by Crippen LogP contribution is 2.16. The van der Waals surface area contributed by atoms with E-state index in [-0.39, 0.29) is 0 Å². The molecule has 0 aromatic carbocycles. The van der Waals surface area contributed by atoms with Crippen LogP contribution in [0, 0.1) is 0 Å². The summed E-state index contributed by atoms with van der Waals surface area (Å²) in [7, 11) is 1.04. The number of hydrogen-bond donors (Lipinski definition) is 0. The Hall–Kier alpha value is -1.79. The maximum absolute atomic E-state index is 12.1. The summed E-state index contributed by atoms with van der Waals surface area (Å²) in [4.78, 5) is 22.4. The van der Waals surface area contributed by atoms with Crippen molar-refractivity contribution in [2.24, 2.45) is 0 Å². The second-order valence-corrected chi connectivity index (χ2v) is 2.96. The van der Waals surface area contributed by atoms with E-state index in [1.165, 1.54) is 6.07 Å². The second-order valence-electron chi connectivity index (χ2n) is 2.96. The molecule has 0 saturated heterocycles. The van der Waals surface area contributed by atoms with Crippen molar-refractivity contribution in [1.82, 2.24) is 4.57 Å². The van der Waals surface area contributed by atoms with Crippen LogP contribution in [0.25, 0.3) is 0 Å². The number of ether oxygens (including phenoxy) is 1. The second kappa shape index (κ2) is 4.38. The summed E-state index contributed by atoms with van der Waals surface area (Å²) < 4.78 is 40.9. The van der Waals surface area contributed by atoms with Gasteiger partial charge in [-0.25, -0.2) is 4.79 Å². The topological polar surface area (TPSA) is 48.3 Å². The molecule has 4 nitrogen and oxygen atoms in total. The molecule has 0 spiro atoms. The third-order valence-electron chi connectivity index (χ3n) is 1.78. The minimum Gasteiger partial charge on any atom is -0.465 e. The molecular weight excluding hydrogens is 227 g/mol. The van der Waals surface area contributed by atoms with E-state index < -0.39 is 29.8 Å². The zero-order valence-electron chi connectivity index (χ0n) is 8.25. The summed E-state index contributed by atoms with van der Waals surface area (Å²) in [5, 5.41) is 0. The van der Waals surface area contributed by atoms with Crippen LogP contribution >= 0.6 is 0 Å². The molecule has 0 N–H and O–H groups in total. The molecule has 0 aliphatic carbocycles. The van der Waals surface area contributed by atoms with Crippen molar-refractivity contribution in [2.45, 2.75) is 12.7 Å². The molecule has 1 rings (SSSR count). The smallest absolute Gasteiger partial charge is 0.406 e. The number of aromatic nitrogens is 1. The SMILES string of the molecule is COC(=O)c1cccn(CC(F)(F)F)c1=O. The Morgan fingerprint density at radius 3 is 2.62 bits per heavy atom. The molecule has 0 aliphatic rings. The normalized spacial score (nSPS) is 11.2. The van der Waals surface area contributed by atoms with Gasteiger partial charge in [-0.1, -0.05) is 0 Å². The predicted octanol–water partition coefficient (Wildman–Crippen LogP) is 1.20. The van der Waals surface area contributed by atoms with Gasteiger partial charge < -0.3 is 9.30 Å². The lowest BCUT2D eigenvalue weighted by Gasteiger charge is -2.09. The number of hydrogen-bond acceptors (Lipinski definition) is 3. The highest BCUT2D eigenvalue weighted by Gasteiger charge is 2.29. The molecule has 0 saturated carbocycles. The molecule has 1 aromatic rings. The van der Waals surface area contributed by atoms with Crippen molar-refractivity contribution in [3.05, 3.63) is 34.2 Å². The number of rotatable bonds is 2. The van der Waals surface area contributed by atoms with Gasteiger partial charge in [-0.05, 0) is 12.1 Å². The van der Waals surface area contributed by atoms with Gasteiger partial charge in [0.2, 0.25) is 0 Å². The number of halogens is 3. The van der Waals surface area contributed by atoms with Gasteiger partial charge in [0, 0.05) is 6.20 Å². The van der Waals surface area contributed by atoms with Crippen molar-refractivity contribution in [1.29, 1.82) is 0 Å². The van der Waals surface area contributed by atoms with Gasteiger partial charge >= 0.3 is 12.1 Å². The van der Waals surface area contributed by atoms with E-state index in [1.54, 1.807) is 0 Å². The fourth-order valence-corrected chi connectivity index (χ4v) is 1.12. The van der Waals surface area contributed by atoms with Crippen LogP contribution < -0.4 is 5.56 Å². The molecule has 0 fully saturated rings. The van der Waals surface area contributed by atoms with Gasteiger partial charge in [0.25, 0.3) is 5.56 Å². The molecule has 16 heavy (non-hydrogen) atoms. The van der Waals surface area contributed by atoms with Crippen molar-refractivity contribution in [3.63, 3.8) is 0 Å². The first kappa shape index (κ1) is 12.3. The van der Waals surface area contributed by atoms with E-state index in [9.17, 15) is 22.8 Å². The summed E-state index contributed by atoms with van der Waals surface area (Å²) in [6, 6.07) is 2.29. The monoisotopic (exact) mass is 235 g/mol. The molecule has 0 amide bonds. The fourth-order valence-electron chi connectivity index (χ4n) is 1.12. The van der Waals surface area contributed by atoms with Gasteiger partial charge in [-0.15, -0.1) is 0 Å². The first-order chi connectivity index (χ1) is 7.35. The zero-order chi connectivity index (χ0) is 12.3. The summed E-state index contributed by atoms with van der Waals surface area (Å²) in [5.74, 6) is -0.957. The largest absolute Gasteiger partial charge is 0.465 e. The highest BCUT2D eigenvalue weighted by molar-refractivity contribution is 5.88. The lowest BCUT2D eigenvalue weighted by molar-refractivity contribution is -0.141. The van der Waals surface area contributed by atoms with E-state index in [1.807, 2.05) is 0 Å². The van der Waals surface area contributed by atoms with Gasteiger partial charge in [0.1, 0.15) is 12.1 Å². The summed E-state index contributed by atoms with van der Waals surface area (Å²) in [5.41, 5.74) is -1.44. The lowest BCUT2D eigenvalue weighted by Crippen LogP contribution is -2.31. The molecular formula is C9H8F3NO3. The quantitative estimate of drug-likeness (QED) is 0.723. The number of nitrogens with zero attached hydrogens (tertiary/aromatic N) is 1. The van der Waals surface area contributed by atoms with Crippen molar-refractivity contribution in [2.75, 3.05) is 7.11 Å². The fraction of sp³-hybridized carbons (Fsp3) is 0.333. The Labute approximate surface area is 88.3 Å². The van der Waals surface area contributed by atoms with Gasteiger partial charge in [0.05, 0.1) is 7.11 Å². The molecule has 0 atom stereocenters. The van der Waals surface area contributed by atoms with E-state index in [0.29, 0.717) is 4.57 Å². The number of methoxy groups -OCH3 is 1. The molecule has 88 valence electrons. The van der Waals surface area contributed by atoms with Crippen LogP contribution in [0.5, 0.6) is 0 Å². The Bertz CT molecular complexity index is 450. The standard InChI is InChI=1S/C9H8F3NO3/c1-16-8(15)6-3-2-4-13(7(6)14)5-9(10,11)12/h2-4H,5H2,1H3. The third kappa shape index (κ3) is 2.85. The first-order valence-electron chi connectivity index (χ1n) is 4.19. The predicted molar refractivity (Wildman–Crippen MR) is 48.1 cm³/mol. The highest BCUT2D eigenvalue weighted by atomic mass is 19.4. The van der Waals surface area contributed by atoms with Crippen LogP contribution in [0.15, 0.2) is 23.1 Å². The van der Waals surface area contributed by atoms with Crippen molar-refractivity contribution < 1.29 is 22.7 Å².